The Labute approximate surface area is 82.1 Å². The Hall–Kier alpha value is -1.49. The average molecular weight is 195 g/mol. The van der Waals surface area contributed by atoms with Crippen molar-refractivity contribution in [2.75, 3.05) is 0 Å². The third-order valence-corrected chi connectivity index (χ3v) is 2.10. The second-order valence-corrected chi connectivity index (χ2v) is 3.11. The number of aryl methyl sites for hydroxylation is 1. The molecule has 0 radical (unpaired) electrons. The van der Waals surface area contributed by atoms with Crippen LogP contribution in [0.5, 0.6) is 0 Å². The van der Waals surface area contributed by atoms with E-state index in [1.54, 1.807) is 13.0 Å². The van der Waals surface area contributed by atoms with Crippen molar-refractivity contribution in [2.24, 2.45) is 5.73 Å². The molecule has 5 nitrogen and oxygen atoms in total. The zero-order valence-electron chi connectivity index (χ0n) is 8.23. The summed E-state index contributed by atoms with van der Waals surface area (Å²) in [5.41, 5.74) is 6.91. The van der Waals surface area contributed by atoms with Gasteiger partial charge in [-0.2, -0.15) is 0 Å². The molecule has 5 heteroatoms. The summed E-state index contributed by atoms with van der Waals surface area (Å²) < 4.78 is 0. The highest BCUT2D eigenvalue weighted by atomic mass is 16.6. The first-order valence-corrected chi connectivity index (χ1v) is 4.43. The second-order valence-electron chi connectivity index (χ2n) is 3.11. The highest BCUT2D eigenvalue weighted by Gasteiger charge is 2.13. The Balaban J connectivity index is 3.06. The van der Waals surface area contributed by atoms with Gasteiger partial charge in [0.1, 0.15) is 5.69 Å². The van der Waals surface area contributed by atoms with Crippen molar-refractivity contribution in [3.63, 3.8) is 0 Å². The van der Waals surface area contributed by atoms with E-state index in [0.717, 1.165) is 6.42 Å². The molecule has 0 aliphatic rings. The van der Waals surface area contributed by atoms with Crippen LogP contribution in [0.1, 0.15) is 30.8 Å². The molecule has 1 heterocycles. The summed E-state index contributed by atoms with van der Waals surface area (Å²) in [4.78, 5) is 14.2. The number of pyridine rings is 1. The SMILES string of the molecule is CC[C@@H](N)c1ccc([N+](=O)[O-])c(C)n1. The van der Waals surface area contributed by atoms with Crippen molar-refractivity contribution in [2.45, 2.75) is 26.3 Å². The van der Waals surface area contributed by atoms with E-state index in [-0.39, 0.29) is 11.7 Å². The molecule has 76 valence electrons. The third-order valence-electron chi connectivity index (χ3n) is 2.10. The molecule has 0 aromatic carbocycles. The van der Waals surface area contributed by atoms with Crippen molar-refractivity contribution >= 4 is 5.69 Å². The van der Waals surface area contributed by atoms with Gasteiger partial charge in [0.25, 0.3) is 5.69 Å². The first-order chi connectivity index (χ1) is 6.56. The molecule has 1 aromatic rings. The molecule has 1 atom stereocenters. The number of hydrogen-bond donors (Lipinski definition) is 1. The van der Waals surface area contributed by atoms with Gasteiger partial charge in [-0.15, -0.1) is 0 Å². The molecular weight excluding hydrogens is 182 g/mol. The summed E-state index contributed by atoms with van der Waals surface area (Å²) in [5.74, 6) is 0. The van der Waals surface area contributed by atoms with Crippen molar-refractivity contribution in [3.05, 3.63) is 33.6 Å². The molecule has 2 N–H and O–H groups in total. The zero-order valence-corrected chi connectivity index (χ0v) is 8.23. The monoisotopic (exact) mass is 195 g/mol. The van der Waals surface area contributed by atoms with E-state index in [9.17, 15) is 10.1 Å². The summed E-state index contributed by atoms with van der Waals surface area (Å²) in [6.07, 6.45) is 0.768. The Morgan fingerprint density at radius 2 is 2.29 bits per heavy atom. The van der Waals surface area contributed by atoms with Crippen molar-refractivity contribution in [3.8, 4) is 0 Å². The summed E-state index contributed by atoms with van der Waals surface area (Å²) in [6.45, 7) is 3.56. The van der Waals surface area contributed by atoms with Crippen LogP contribution in [-0.2, 0) is 0 Å². The van der Waals surface area contributed by atoms with Gasteiger partial charge in [0, 0.05) is 12.1 Å². The van der Waals surface area contributed by atoms with Gasteiger partial charge in [-0.3, -0.25) is 10.1 Å². The number of aromatic nitrogens is 1. The fraction of sp³-hybridized carbons (Fsp3) is 0.444. The minimum Gasteiger partial charge on any atom is -0.323 e. The molecule has 0 spiro atoms. The van der Waals surface area contributed by atoms with Crippen LogP contribution in [0, 0.1) is 17.0 Å². The predicted molar refractivity (Wildman–Crippen MR) is 52.8 cm³/mol. The van der Waals surface area contributed by atoms with E-state index in [1.807, 2.05) is 6.92 Å². The highest BCUT2D eigenvalue weighted by Crippen LogP contribution is 2.19. The van der Waals surface area contributed by atoms with Gasteiger partial charge in [-0.05, 0) is 19.4 Å². The smallest absolute Gasteiger partial charge is 0.290 e. The molecular formula is C9H13N3O2. The van der Waals surface area contributed by atoms with E-state index in [2.05, 4.69) is 4.98 Å². The molecule has 0 unspecified atom stereocenters. The normalized spacial score (nSPS) is 12.5. The topological polar surface area (TPSA) is 82.0 Å². The number of nitro groups is 1. The maximum atomic E-state index is 10.5. The molecule has 0 aliphatic heterocycles. The van der Waals surface area contributed by atoms with Crippen LogP contribution in [0.25, 0.3) is 0 Å². The van der Waals surface area contributed by atoms with Crippen LogP contribution in [0.15, 0.2) is 12.1 Å². The largest absolute Gasteiger partial charge is 0.323 e. The molecule has 0 saturated heterocycles. The number of nitrogens with two attached hydrogens (primary N) is 1. The van der Waals surface area contributed by atoms with E-state index >= 15 is 0 Å². The minimum absolute atomic E-state index is 0.0389. The summed E-state index contributed by atoms with van der Waals surface area (Å²) in [7, 11) is 0. The van der Waals surface area contributed by atoms with Crippen molar-refractivity contribution < 1.29 is 4.92 Å². The quantitative estimate of drug-likeness (QED) is 0.588. The fourth-order valence-corrected chi connectivity index (χ4v) is 1.18. The lowest BCUT2D eigenvalue weighted by atomic mass is 10.1. The molecule has 0 bridgehead atoms. The van der Waals surface area contributed by atoms with Gasteiger partial charge in [0.2, 0.25) is 0 Å². The fourth-order valence-electron chi connectivity index (χ4n) is 1.18. The van der Waals surface area contributed by atoms with Crippen molar-refractivity contribution in [1.82, 2.24) is 4.98 Å². The Morgan fingerprint density at radius 3 is 2.71 bits per heavy atom. The average Bonchev–Trinajstić information content (AvgIpc) is 2.15. The Kier molecular flexibility index (Phi) is 3.14. The van der Waals surface area contributed by atoms with Gasteiger partial charge in [-0.25, -0.2) is 4.98 Å². The maximum absolute atomic E-state index is 10.5. The molecule has 0 aliphatic carbocycles. The van der Waals surface area contributed by atoms with Gasteiger partial charge in [0.15, 0.2) is 0 Å². The van der Waals surface area contributed by atoms with Crippen LogP contribution in [0.2, 0.25) is 0 Å². The molecule has 0 fully saturated rings. The molecule has 0 saturated carbocycles. The lowest BCUT2D eigenvalue weighted by molar-refractivity contribution is -0.385. The lowest BCUT2D eigenvalue weighted by Crippen LogP contribution is -2.11. The van der Waals surface area contributed by atoms with Gasteiger partial charge in [0.05, 0.1) is 10.6 Å². The Bertz CT molecular complexity index is 352. The first-order valence-electron chi connectivity index (χ1n) is 4.43. The van der Waals surface area contributed by atoms with Gasteiger partial charge in [-0.1, -0.05) is 6.92 Å². The molecule has 1 aromatic heterocycles. The highest BCUT2D eigenvalue weighted by molar-refractivity contribution is 5.35. The van der Waals surface area contributed by atoms with E-state index in [4.69, 9.17) is 5.73 Å². The van der Waals surface area contributed by atoms with Crippen LogP contribution in [0.3, 0.4) is 0 Å². The molecule has 1 rings (SSSR count). The van der Waals surface area contributed by atoms with Crippen LogP contribution < -0.4 is 5.73 Å². The first kappa shape index (κ1) is 10.6. The number of hydrogen-bond acceptors (Lipinski definition) is 4. The number of rotatable bonds is 3. The van der Waals surface area contributed by atoms with E-state index in [1.165, 1.54) is 6.07 Å². The summed E-state index contributed by atoms with van der Waals surface area (Å²) >= 11 is 0. The minimum atomic E-state index is -0.441. The molecule has 14 heavy (non-hydrogen) atoms. The van der Waals surface area contributed by atoms with Crippen LogP contribution in [0.4, 0.5) is 5.69 Å². The summed E-state index contributed by atoms with van der Waals surface area (Å²) in [5, 5.41) is 10.5. The predicted octanol–water partition coefficient (Wildman–Crippen LogP) is 1.71. The van der Waals surface area contributed by atoms with Crippen LogP contribution >= 0.6 is 0 Å². The standard InChI is InChI=1S/C9H13N3O2/c1-3-7(10)8-4-5-9(12(13)14)6(2)11-8/h4-5,7H,3,10H2,1-2H3/t7-/m1/s1. The second kappa shape index (κ2) is 4.15. The zero-order chi connectivity index (χ0) is 10.7. The third kappa shape index (κ3) is 2.05. The van der Waals surface area contributed by atoms with Gasteiger partial charge < -0.3 is 5.73 Å². The molecule has 0 amide bonds. The van der Waals surface area contributed by atoms with Crippen LogP contribution in [-0.4, -0.2) is 9.91 Å². The maximum Gasteiger partial charge on any atom is 0.290 e. The van der Waals surface area contributed by atoms with Gasteiger partial charge >= 0.3 is 0 Å². The Morgan fingerprint density at radius 1 is 1.64 bits per heavy atom. The van der Waals surface area contributed by atoms with E-state index < -0.39 is 4.92 Å². The number of nitrogens with zero attached hydrogens (tertiary/aromatic N) is 2. The lowest BCUT2D eigenvalue weighted by Gasteiger charge is -2.08. The van der Waals surface area contributed by atoms with Crippen molar-refractivity contribution in [1.29, 1.82) is 0 Å². The summed E-state index contributed by atoms with van der Waals surface area (Å²) in [6, 6.07) is 2.92. The van der Waals surface area contributed by atoms with E-state index in [0.29, 0.717) is 11.4 Å².